The van der Waals surface area contributed by atoms with E-state index in [1.165, 1.54) is 21.3 Å². The van der Waals surface area contributed by atoms with Crippen molar-refractivity contribution in [3.05, 3.63) is 23.3 Å². The number of benzene rings is 1. The molecule has 0 spiro atoms. The lowest BCUT2D eigenvalue weighted by atomic mass is 10.0. The standard InChI is InChI=1S/C12H17NO4/c1-7(13)9-5-8(12(14)17-4)6-10(15-2)11(9)16-3/h5-7H,13H2,1-4H3. The Balaban J connectivity index is 3.40. The van der Waals surface area contributed by atoms with Gasteiger partial charge in [0.1, 0.15) is 0 Å². The van der Waals surface area contributed by atoms with Crippen molar-refractivity contribution in [2.24, 2.45) is 5.73 Å². The third-order valence-electron chi connectivity index (χ3n) is 2.42. The SMILES string of the molecule is COC(=O)c1cc(OC)c(OC)c(C(C)N)c1. The van der Waals surface area contributed by atoms with E-state index in [0.29, 0.717) is 22.6 Å². The van der Waals surface area contributed by atoms with E-state index in [4.69, 9.17) is 15.2 Å². The smallest absolute Gasteiger partial charge is 0.337 e. The molecule has 0 fully saturated rings. The van der Waals surface area contributed by atoms with Crippen LogP contribution in [-0.2, 0) is 4.74 Å². The number of hydrogen-bond acceptors (Lipinski definition) is 5. The molecule has 0 radical (unpaired) electrons. The summed E-state index contributed by atoms with van der Waals surface area (Å²) in [4.78, 5) is 11.5. The quantitative estimate of drug-likeness (QED) is 0.806. The first kappa shape index (κ1) is 13.3. The molecule has 1 atom stereocenters. The van der Waals surface area contributed by atoms with Crippen LogP contribution in [0, 0.1) is 0 Å². The fourth-order valence-electron chi connectivity index (χ4n) is 1.57. The number of esters is 1. The molecular formula is C12H17NO4. The Morgan fingerprint density at radius 2 is 1.88 bits per heavy atom. The minimum absolute atomic E-state index is 0.275. The summed E-state index contributed by atoms with van der Waals surface area (Å²) in [6, 6.07) is 2.94. The molecule has 1 aromatic carbocycles. The third kappa shape index (κ3) is 2.68. The Kier molecular flexibility index (Phi) is 4.34. The minimum Gasteiger partial charge on any atom is -0.493 e. The Morgan fingerprint density at radius 1 is 1.24 bits per heavy atom. The van der Waals surface area contributed by atoms with Gasteiger partial charge in [0.25, 0.3) is 0 Å². The lowest BCUT2D eigenvalue weighted by Crippen LogP contribution is -2.11. The van der Waals surface area contributed by atoms with Gasteiger partial charge in [-0.2, -0.15) is 0 Å². The summed E-state index contributed by atoms with van der Waals surface area (Å²) >= 11 is 0. The van der Waals surface area contributed by atoms with Crippen molar-refractivity contribution < 1.29 is 19.0 Å². The van der Waals surface area contributed by atoms with Crippen LogP contribution in [-0.4, -0.2) is 27.3 Å². The number of rotatable bonds is 4. The lowest BCUT2D eigenvalue weighted by Gasteiger charge is -2.16. The van der Waals surface area contributed by atoms with Gasteiger partial charge in [0.15, 0.2) is 11.5 Å². The molecule has 5 heteroatoms. The summed E-state index contributed by atoms with van der Waals surface area (Å²) in [7, 11) is 4.36. The van der Waals surface area contributed by atoms with Gasteiger partial charge < -0.3 is 19.9 Å². The Morgan fingerprint density at radius 3 is 2.29 bits per heavy atom. The van der Waals surface area contributed by atoms with Crippen LogP contribution in [0.1, 0.15) is 28.9 Å². The highest BCUT2D eigenvalue weighted by Crippen LogP contribution is 2.35. The van der Waals surface area contributed by atoms with E-state index in [9.17, 15) is 4.79 Å². The number of hydrogen-bond donors (Lipinski definition) is 1. The zero-order valence-corrected chi connectivity index (χ0v) is 10.4. The van der Waals surface area contributed by atoms with Crippen LogP contribution in [0.25, 0.3) is 0 Å². The number of carbonyl (C=O) groups excluding carboxylic acids is 1. The summed E-state index contributed by atoms with van der Waals surface area (Å²) in [5.41, 5.74) is 6.92. The molecule has 0 heterocycles. The normalized spacial score (nSPS) is 11.8. The first-order valence-corrected chi connectivity index (χ1v) is 5.15. The van der Waals surface area contributed by atoms with Gasteiger partial charge in [-0.3, -0.25) is 0 Å². The van der Waals surface area contributed by atoms with Crippen LogP contribution in [0.15, 0.2) is 12.1 Å². The van der Waals surface area contributed by atoms with Crippen LogP contribution in [0.5, 0.6) is 11.5 Å². The van der Waals surface area contributed by atoms with E-state index in [1.54, 1.807) is 19.1 Å². The maximum Gasteiger partial charge on any atom is 0.337 e. The van der Waals surface area contributed by atoms with Crippen LogP contribution >= 0.6 is 0 Å². The van der Waals surface area contributed by atoms with Crippen LogP contribution < -0.4 is 15.2 Å². The molecule has 0 saturated carbocycles. The summed E-state index contributed by atoms with van der Waals surface area (Å²) in [5, 5.41) is 0. The topological polar surface area (TPSA) is 70.8 Å². The van der Waals surface area contributed by atoms with E-state index in [1.807, 2.05) is 0 Å². The molecule has 0 aliphatic rings. The van der Waals surface area contributed by atoms with Gasteiger partial charge in [0.05, 0.1) is 26.9 Å². The van der Waals surface area contributed by atoms with Crippen molar-refractivity contribution in [3.63, 3.8) is 0 Å². The predicted octanol–water partition coefficient (Wildman–Crippen LogP) is 1.51. The second kappa shape index (κ2) is 5.54. The van der Waals surface area contributed by atoms with Gasteiger partial charge in [-0.1, -0.05) is 0 Å². The van der Waals surface area contributed by atoms with Crippen LogP contribution in [0.3, 0.4) is 0 Å². The number of ether oxygens (including phenoxy) is 3. The molecule has 17 heavy (non-hydrogen) atoms. The van der Waals surface area contributed by atoms with Gasteiger partial charge in [-0.05, 0) is 19.1 Å². The third-order valence-corrected chi connectivity index (χ3v) is 2.42. The molecule has 0 amide bonds. The van der Waals surface area contributed by atoms with Gasteiger partial charge in [0.2, 0.25) is 0 Å². The lowest BCUT2D eigenvalue weighted by molar-refractivity contribution is 0.0600. The number of carbonyl (C=O) groups is 1. The van der Waals surface area contributed by atoms with Gasteiger partial charge in [0, 0.05) is 11.6 Å². The molecule has 1 aromatic rings. The van der Waals surface area contributed by atoms with E-state index in [0.717, 1.165) is 0 Å². The summed E-state index contributed by atoms with van der Waals surface area (Å²) < 4.78 is 15.1. The van der Waals surface area contributed by atoms with Crippen molar-refractivity contribution in [1.29, 1.82) is 0 Å². The molecule has 1 rings (SSSR count). The van der Waals surface area contributed by atoms with Crippen LogP contribution in [0.2, 0.25) is 0 Å². The molecule has 0 aromatic heterocycles. The molecule has 0 bridgehead atoms. The fourth-order valence-corrected chi connectivity index (χ4v) is 1.57. The minimum atomic E-state index is -0.437. The fraction of sp³-hybridized carbons (Fsp3) is 0.417. The molecular weight excluding hydrogens is 222 g/mol. The van der Waals surface area contributed by atoms with Crippen molar-refractivity contribution in [1.82, 2.24) is 0 Å². The van der Waals surface area contributed by atoms with E-state index >= 15 is 0 Å². The highest BCUT2D eigenvalue weighted by atomic mass is 16.5. The number of methoxy groups -OCH3 is 3. The highest BCUT2D eigenvalue weighted by molar-refractivity contribution is 5.90. The Labute approximate surface area is 100 Å². The summed E-state index contributed by atoms with van der Waals surface area (Å²) in [5.74, 6) is 0.561. The highest BCUT2D eigenvalue weighted by Gasteiger charge is 2.18. The van der Waals surface area contributed by atoms with E-state index in [-0.39, 0.29) is 6.04 Å². The molecule has 2 N–H and O–H groups in total. The first-order valence-electron chi connectivity index (χ1n) is 5.15. The van der Waals surface area contributed by atoms with Crippen molar-refractivity contribution in [2.45, 2.75) is 13.0 Å². The molecule has 1 unspecified atom stereocenters. The number of nitrogens with two attached hydrogens (primary N) is 1. The predicted molar refractivity (Wildman–Crippen MR) is 63.5 cm³/mol. The zero-order valence-electron chi connectivity index (χ0n) is 10.4. The van der Waals surface area contributed by atoms with Gasteiger partial charge in [-0.15, -0.1) is 0 Å². The zero-order chi connectivity index (χ0) is 13.0. The first-order chi connectivity index (χ1) is 8.04. The Hall–Kier alpha value is -1.75. The van der Waals surface area contributed by atoms with Gasteiger partial charge >= 0.3 is 5.97 Å². The second-order valence-electron chi connectivity index (χ2n) is 3.58. The van der Waals surface area contributed by atoms with E-state index in [2.05, 4.69) is 4.74 Å². The summed E-state index contributed by atoms with van der Waals surface area (Å²) in [6.07, 6.45) is 0. The van der Waals surface area contributed by atoms with E-state index < -0.39 is 5.97 Å². The molecule has 94 valence electrons. The largest absolute Gasteiger partial charge is 0.493 e. The molecule has 5 nitrogen and oxygen atoms in total. The summed E-state index contributed by atoms with van der Waals surface area (Å²) in [6.45, 7) is 1.80. The van der Waals surface area contributed by atoms with Crippen molar-refractivity contribution in [3.8, 4) is 11.5 Å². The average Bonchev–Trinajstić information content (AvgIpc) is 2.35. The average molecular weight is 239 g/mol. The molecule has 0 saturated heterocycles. The van der Waals surface area contributed by atoms with Gasteiger partial charge in [-0.25, -0.2) is 4.79 Å². The Bertz CT molecular complexity index is 415. The maximum absolute atomic E-state index is 11.5. The van der Waals surface area contributed by atoms with Crippen molar-refractivity contribution >= 4 is 5.97 Å². The van der Waals surface area contributed by atoms with Crippen LogP contribution in [0.4, 0.5) is 0 Å². The van der Waals surface area contributed by atoms with Crippen molar-refractivity contribution in [2.75, 3.05) is 21.3 Å². The second-order valence-corrected chi connectivity index (χ2v) is 3.58. The molecule has 0 aliphatic carbocycles. The molecule has 0 aliphatic heterocycles. The monoisotopic (exact) mass is 239 g/mol. The maximum atomic E-state index is 11.5.